The van der Waals surface area contributed by atoms with E-state index in [1.54, 1.807) is 0 Å². The number of rotatable bonds is 10. The normalized spacial score (nSPS) is 13.9. The first-order valence-electron chi connectivity index (χ1n) is 7.72. The molecule has 20 heavy (non-hydrogen) atoms. The van der Waals surface area contributed by atoms with Crippen LogP contribution in [0.15, 0.2) is 0 Å². The number of unbranched alkanes of at least 4 members (excludes halogenated alkanes) is 1. The molecule has 1 unspecified atom stereocenters. The molecule has 118 valence electrons. The maximum atomic E-state index is 11.7. The molecule has 0 aromatic heterocycles. The van der Waals surface area contributed by atoms with Gasteiger partial charge in [0.25, 0.3) is 0 Å². The van der Waals surface area contributed by atoms with E-state index in [4.69, 9.17) is 5.73 Å². The number of carbonyl (C=O) groups excluding carboxylic acids is 2. The molecule has 5 heteroatoms. The highest BCUT2D eigenvalue weighted by Gasteiger charge is 2.17. The Hall–Kier alpha value is -1.10. The Morgan fingerprint density at radius 1 is 1.15 bits per heavy atom. The van der Waals surface area contributed by atoms with Crippen LogP contribution in [0.1, 0.15) is 53.4 Å². The van der Waals surface area contributed by atoms with Gasteiger partial charge < -0.3 is 16.4 Å². The smallest absolute Gasteiger partial charge is 0.239 e. The molecule has 0 saturated carbocycles. The van der Waals surface area contributed by atoms with Crippen LogP contribution in [0.4, 0.5) is 0 Å². The molecule has 0 heterocycles. The fraction of sp³-hybridized carbons (Fsp3) is 0.867. The van der Waals surface area contributed by atoms with Gasteiger partial charge in [0.2, 0.25) is 11.8 Å². The monoisotopic (exact) mass is 285 g/mol. The van der Waals surface area contributed by atoms with E-state index in [1.807, 2.05) is 13.8 Å². The van der Waals surface area contributed by atoms with E-state index in [-0.39, 0.29) is 24.3 Å². The van der Waals surface area contributed by atoms with E-state index in [0.717, 1.165) is 12.8 Å². The van der Waals surface area contributed by atoms with Crippen molar-refractivity contribution in [2.24, 2.45) is 17.6 Å². The molecule has 0 aromatic rings. The standard InChI is InChI=1S/C15H31N3O2/c1-5-7-8-12(6-2)9-17-13(19)10-18-15(20)14(16)11(3)4/h11-12,14H,5-10,16H2,1-4H3,(H,17,19)(H,18,20)/t12?,14-/m0/s1. The second-order valence-corrected chi connectivity index (χ2v) is 5.71. The molecule has 0 rings (SSSR count). The summed E-state index contributed by atoms with van der Waals surface area (Å²) in [5.74, 6) is 0.168. The topological polar surface area (TPSA) is 84.2 Å². The van der Waals surface area contributed by atoms with Crippen molar-refractivity contribution in [1.82, 2.24) is 10.6 Å². The number of hydrogen-bond acceptors (Lipinski definition) is 3. The number of amides is 2. The van der Waals surface area contributed by atoms with Crippen molar-refractivity contribution in [2.45, 2.75) is 59.4 Å². The van der Waals surface area contributed by atoms with Gasteiger partial charge in [0.05, 0.1) is 12.6 Å². The van der Waals surface area contributed by atoms with Gasteiger partial charge in [-0.15, -0.1) is 0 Å². The Bertz CT molecular complexity index is 293. The second kappa shape index (κ2) is 10.7. The van der Waals surface area contributed by atoms with Crippen molar-refractivity contribution in [3.63, 3.8) is 0 Å². The van der Waals surface area contributed by atoms with Crippen LogP contribution in [0, 0.1) is 11.8 Å². The molecule has 0 aliphatic heterocycles. The number of nitrogens with one attached hydrogen (secondary N) is 2. The number of hydrogen-bond donors (Lipinski definition) is 3. The molecule has 0 aliphatic carbocycles. The molecule has 0 saturated heterocycles. The first-order chi connectivity index (χ1) is 9.42. The van der Waals surface area contributed by atoms with Crippen molar-refractivity contribution in [3.05, 3.63) is 0 Å². The van der Waals surface area contributed by atoms with Gasteiger partial charge in [-0.1, -0.05) is 47.0 Å². The summed E-state index contributed by atoms with van der Waals surface area (Å²) in [4.78, 5) is 23.3. The van der Waals surface area contributed by atoms with E-state index in [1.165, 1.54) is 12.8 Å². The van der Waals surface area contributed by atoms with Gasteiger partial charge in [-0.25, -0.2) is 0 Å². The molecule has 0 bridgehead atoms. The minimum Gasteiger partial charge on any atom is -0.354 e. The highest BCUT2D eigenvalue weighted by Crippen LogP contribution is 2.10. The molecule has 2 atom stereocenters. The maximum absolute atomic E-state index is 11.7. The van der Waals surface area contributed by atoms with Gasteiger partial charge in [-0.05, 0) is 18.3 Å². The fourth-order valence-electron chi connectivity index (χ4n) is 1.85. The van der Waals surface area contributed by atoms with Crippen LogP contribution < -0.4 is 16.4 Å². The van der Waals surface area contributed by atoms with Crippen LogP contribution in [0.2, 0.25) is 0 Å². The Balaban J connectivity index is 3.90. The zero-order chi connectivity index (χ0) is 15.5. The minimum absolute atomic E-state index is 0.00344. The first-order valence-corrected chi connectivity index (χ1v) is 7.72. The van der Waals surface area contributed by atoms with Crippen molar-refractivity contribution < 1.29 is 9.59 Å². The predicted octanol–water partition coefficient (Wildman–Crippen LogP) is 1.42. The third-order valence-corrected chi connectivity index (χ3v) is 3.58. The average Bonchev–Trinajstić information content (AvgIpc) is 2.43. The summed E-state index contributed by atoms with van der Waals surface area (Å²) < 4.78 is 0. The highest BCUT2D eigenvalue weighted by atomic mass is 16.2. The zero-order valence-electron chi connectivity index (χ0n) is 13.4. The molecule has 0 fully saturated rings. The lowest BCUT2D eigenvalue weighted by Gasteiger charge is -2.17. The van der Waals surface area contributed by atoms with E-state index in [0.29, 0.717) is 12.5 Å². The second-order valence-electron chi connectivity index (χ2n) is 5.71. The summed E-state index contributed by atoms with van der Waals surface area (Å²) in [6.45, 7) is 8.74. The van der Waals surface area contributed by atoms with Crippen molar-refractivity contribution in [1.29, 1.82) is 0 Å². The van der Waals surface area contributed by atoms with E-state index < -0.39 is 6.04 Å². The molecule has 0 aliphatic rings. The lowest BCUT2D eigenvalue weighted by molar-refractivity contribution is -0.127. The van der Waals surface area contributed by atoms with Crippen LogP contribution in [0.5, 0.6) is 0 Å². The van der Waals surface area contributed by atoms with Gasteiger partial charge >= 0.3 is 0 Å². The largest absolute Gasteiger partial charge is 0.354 e. The molecule has 4 N–H and O–H groups in total. The highest BCUT2D eigenvalue weighted by molar-refractivity contribution is 5.87. The summed E-state index contributed by atoms with van der Waals surface area (Å²) >= 11 is 0. The average molecular weight is 285 g/mol. The summed E-state index contributed by atoms with van der Waals surface area (Å²) in [5, 5.41) is 5.44. The summed E-state index contributed by atoms with van der Waals surface area (Å²) in [6.07, 6.45) is 4.56. The third-order valence-electron chi connectivity index (χ3n) is 3.58. The molecule has 2 amide bonds. The fourth-order valence-corrected chi connectivity index (χ4v) is 1.85. The van der Waals surface area contributed by atoms with Crippen LogP contribution >= 0.6 is 0 Å². The van der Waals surface area contributed by atoms with Gasteiger partial charge in [-0.3, -0.25) is 9.59 Å². The summed E-state index contributed by atoms with van der Waals surface area (Å²) in [7, 11) is 0. The lowest BCUT2D eigenvalue weighted by atomic mass is 9.99. The Morgan fingerprint density at radius 3 is 2.30 bits per heavy atom. The summed E-state index contributed by atoms with van der Waals surface area (Å²) in [6, 6.07) is -0.559. The zero-order valence-corrected chi connectivity index (χ0v) is 13.4. The number of nitrogens with two attached hydrogens (primary N) is 1. The van der Waals surface area contributed by atoms with Crippen LogP contribution in [-0.4, -0.2) is 30.9 Å². The SMILES string of the molecule is CCCCC(CC)CNC(=O)CNC(=O)[C@@H](N)C(C)C. The minimum atomic E-state index is -0.559. The van der Waals surface area contributed by atoms with E-state index in [2.05, 4.69) is 24.5 Å². The predicted molar refractivity (Wildman–Crippen MR) is 82.1 cm³/mol. The molecule has 0 radical (unpaired) electrons. The molecule has 5 nitrogen and oxygen atoms in total. The van der Waals surface area contributed by atoms with Crippen molar-refractivity contribution in [3.8, 4) is 0 Å². The molecule has 0 aromatic carbocycles. The molecular formula is C15H31N3O2. The van der Waals surface area contributed by atoms with Crippen molar-refractivity contribution in [2.75, 3.05) is 13.1 Å². The molecular weight excluding hydrogens is 254 g/mol. The maximum Gasteiger partial charge on any atom is 0.239 e. The molecule has 0 spiro atoms. The van der Waals surface area contributed by atoms with Crippen LogP contribution in [0.25, 0.3) is 0 Å². The van der Waals surface area contributed by atoms with Gasteiger partial charge in [-0.2, -0.15) is 0 Å². The van der Waals surface area contributed by atoms with Gasteiger partial charge in [0, 0.05) is 6.54 Å². The lowest BCUT2D eigenvalue weighted by Crippen LogP contribution is -2.47. The van der Waals surface area contributed by atoms with Crippen molar-refractivity contribution >= 4 is 11.8 Å². The Morgan fingerprint density at radius 2 is 1.80 bits per heavy atom. The summed E-state index contributed by atoms with van der Waals surface area (Å²) in [5.41, 5.74) is 5.70. The van der Waals surface area contributed by atoms with Gasteiger partial charge in [0.15, 0.2) is 0 Å². The Labute approximate surface area is 123 Å². The quantitative estimate of drug-likeness (QED) is 0.567. The first kappa shape index (κ1) is 18.9. The third kappa shape index (κ3) is 8.15. The Kier molecular flexibility index (Phi) is 10.1. The van der Waals surface area contributed by atoms with E-state index in [9.17, 15) is 9.59 Å². The van der Waals surface area contributed by atoms with E-state index >= 15 is 0 Å². The van der Waals surface area contributed by atoms with Crippen LogP contribution in [0.3, 0.4) is 0 Å². The number of carbonyl (C=O) groups is 2. The van der Waals surface area contributed by atoms with Crippen LogP contribution in [-0.2, 0) is 9.59 Å². The van der Waals surface area contributed by atoms with Gasteiger partial charge in [0.1, 0.15) is 0 Å².